The molecule has 0 spiro atoms. The van der Waals surface area contributed by atoms with Gasteiger partial charge in [0.1, 0.15) is 6.33 Å². The van der Waals surface area contributed by atoms with E-state index in [1.807, 2.05) is 0 Å². The van der Waals surface area contributed by atoms with Gasteiger partial charge >= 0.3 is 0 Å². The fourth-order valence-electron chi connectivity index (χ4n) is 1.12. The maximum absolute atomic E-state index is 5.81. The molecule has 0 bridgehead atoms. The Morgan fingerprint density at radius 2 is 2.29 bits per heavy atom. The highest BCUT2D eigenvalue weighted by Crippen LogP contribution is 2.08. The van der Waals surface area contributed by atoms with Crippen molar-refractivity contribution >= 4 is 17.5 Å². The van der Waals surface area contributed by atoms with Gasteiger partial charge in [0, 0.05) is 12.4 Å². The quantitative estimate of drug-likeness (QED) is 0.825. The molecule has 2 aromatic rings. The molecule has 0 aromatic carbocycles. The minimum Gasteiger partial charge on any atom is -0.343 e. The molecular weight excluding hydrogens is 240 g/mol. The van der Waals surface area contributed by atoms with Gasteiger partial charge in [-0.1, -0.05) is 5.92 Å². The van der Waals surface area contributed by atoms with Crippen LogP contribution in [0.25, 0.3) is 5.95 Å². The van der Waals surface area contributed by atoms with E-state index >= 15 is 0 Å². The van der Waals surface area contributed by atoms with Crippen LogP contribution >= 0.6 is 11.6 Å². The van der Waals surface area contributed by atoms with Crippen molar-refractivity contribution in [2.75, 3.05) is 11.9 Å². The van der Waals surface area contributed by atoms with Crippen molar-refractivity contribution in [3.63, 3.8) is 0 Å². The first-order valence-electron chi connectivity index (χ1n) is 4.83. The molecule has 0 amide bonds. The monoisotopic (exact) mass is 248 g/mol. The van der Waals surface area contributed by atoms with E-state index in [2.05, 4.69) is 37.1 Å². The molecule has 17 heavy (non-hydrogen) atoms. The van der Waals surface area contributed by atoms with E-state index in [0.717, 1.165) is 0 Å². The summed E-state index contributed by atoms with van der Waals surface area (Å²) in [5, 5.41) is 3.06. The largest absolute Gasteiger partial charge is 0.343 e. The topological polar surface area (TPSA) is 68.5 Å². The Balaban J connectivity index is 2.25. The number of nitrogens with one attached hydrogen (secondary N) is 1. The zero-order valence-electron chi connectivity index (χ0n) is 9.05. The summed E-state index contributed by atoms with van der Waals surface area (Å²) in [5.41, 5.74) is 0. The molecule has 2 heterocycles. The van der Waals surface area contributed by atoms with E-state index in [-0.39, 0.29) is 5.28 Å². The Bertz CT molecular complexity index is 554. The molecule has 0 fully saturated rings. The fourth-order valence-corrected chi connectivity index (χ4v) is 1.28. The third-order valence-corrected chi connectivity index (χ3v) is 2.01. The number of rotatable bonds is 3. The van der Waals surface area contributed by atoms with Crippen molar-refractivity contribution in [3.05, 3.63) is 24.0 Å². The smallest absolute Gasteiger partial charge is 0.241 e. The molecule has 6 nitrogen and oxygen atoms in total. The Kier molecular flexibility index (Phi) is 3.52. The van der Waals surface area contributed by atoms with E-state index in [1.54, 1.807) is 30.2 Å². The van der Waals surface area contributed by atoms with Crippen LogP contribution in [0.2, 0.25) is 5.28 Å². The summed E-state index contributed by atoms with van der Waals surface area (Å²) in [6, 6.07) is 0. The van der Waals surface area contributed by atoms with Gasteiger partial charge in [-0.2, -0.15) is 15.0 Å². The number of nitrogens with zero attached hydrogens (tertiary/aromatic N) is 5. The van der Waals surface area contributed by atoms with Crippen LogP contribution in [0.4, 0.5) is 5.95 Å². The summed E-state index contributed by atoms with van der Waals surface area (Å²) in [7, 11) is 0. The number of hydrogen-bond donors (Lipinski definition) is 1. The molecule has 0 saturated heterocycles. The highest BCUT2D eigenvalue weighted by atomic mass is 35.5. The normalized spacial score (nSPS) is 9.53. The van der Waals surface area contributed by atoms with Gasteiger partial charge in [0.2, 0.25) is 17.2 Å². The Hall–Kier alpha value is -2.13. The summed E-state index contributed by atoms with van der Waals surface area (Å²) in [4.78, 5) is 16.0. The Morgan fingerprint density at radius 3 is 3.00 bits per heavy atom. The molecule has 0 atom stereocenters. The molecule has 0 saturated carbocycles. The van der Waals surface area contributed by atoms with Crippen molar-refractivity contribution < 1.29 is 0 Å². The van der Waals surface area contributed by atoms with Gasteiger partial charge in [0.25, 0.3) is 0 Å². The molecule has 86 valence electrons. The molecule has 0 radical (unpaired) electrons. The van der Waals surface area contributed by atoms with E-state index in [1.165, 1.54) is 0 Å². The predicted octanol–water partition coefficient (Wildman–Crippen LogP) is 1.15. The highest BCUT2D eigenvalue weighted by molar-refractivity contribution is 6.28. The van der Waals surface area contributed by atoms with Gasteiger partial charge in [-0.05, 0) is 18.5 Å². The van der Waals surface area contributed by atoms with Gasteiger partial charge in [-0.25, -0.2) is 4.98 Å². The summed E-state index contributed by atoms with van der Waals surface area (Å²) < 4.78 is 1.64. The standard InChI is InChI=1S/C10H9ClN6/c1-2-3-4-13-9-14-8(11)15-10(16-9)17-6-5-12-7-17/h5-7H,4H2,1H3,(H,13,14,15,16). The SMILES string of the molecule is CC#CCNc1nc(Cl)nc(-n2ccnc2)n1. The molecule has 1 N–H and O–H groups in total. The lowest BCUT2D eigenvalue weighted by molar-refractivity contribution is 0.895. The van der Waals surface area contributed by atoms with Crippen LogP contribution in [0.15, 0.2) is 18.7 Å². The van der Waals surface area contributed by atoms with E-state index in [4.69, 9.17) is 11.6 Å². The number of anilines is 1. The average molecular weight is 249 g/mol. The maximum Gasteiger partial charge on any atom is 0.241 e. The summed E-state index contributed by atoms with van der Waals surface area (Å²) in [6.45, 7) is 2.22. The van der Waals surface area contributed by atoms with E-state index in [9.17, 15) is 0 Å². The van der Waals surface area contributed by atoms with Crippen LogP contribution in [-0.4, -0.2) is 31.0 Å². The van der Waals surface area contributed by atoms with Crippen molar-refractivity contribution in [1.82, 2.24) is 24.5 Å². The van der Waals surface area contributed by atoms with E-state index in [0.29, 0.717) is 18.4 Å². The minimum absolute atomic E-state index is 0.121. The van der Waals surface area contributed by atoms with Crippen LogP contribution in [-0.2, 0) is 0 Å². The Morgan fingerprint density at radius 1 is 1.41 bits per heavy atom. The second-order valence-corrected chi connectivity index (χ2v) is 3.32. The van der Waals surface area contributed by atoms with Gasteiger partial charge in [-0.15, -0.1) is 5.92 Å². The molecule has 0 aliphatic carbocycles. The van der Waals surface area contributed by atoms with Crippen molar-refractivity contribution in [1.29, 1.82) is 0 Å². The molecule has 0 unspecified atom stereocenters. The van der Waals surface area contributed by atoms with Crippen molar-refractivity contribution in [2.24, 2.45) is 0 Å². The molecule has 2 rings (SSSR count). The minimum atomic E-state index is 0.121. The molecular formula is C10H9ClN6. The maximum atomic E-state index is 5.81. The van der Waals surface area contributed by atoms with Crippen molar-refractivity contribution in [3.8, 4) is 17.8 Å². The first-order chi connectivity index (χ1) is 8.29. The summed E-state index contributed by atoms with van der Waals surface area (Å²) >= 11 is 5.81. The zero-order valence-corrected chi connectivity index (χ0v) is 9.81. The summed E-state index contributed by atoms with van der Waals surface area (Å²) in [6.07, 6.45) is 4.94. The molecule has 0 aliphatic rings. The average Bonchev–Trinajstić information content (AvgIpc) is 2.82. The summed E-state index contributed by atoms with van der Waals surface area (Å²) in [5.74, 6) is 6.41. The molecule has 2 aromatic heterocycles. The lowest BCUT2D eigenvalue weighted by atomic mass is 10.6. The molecule has 7 heteroatoms. The van der Waals surface area contributed by atoms with Crippen LogP contribution in [0.1, 0.15) is 6.92 Å². The van der Waals surface area contributed by atoms with Crippen molar-refractivity contribution in [2.45, 2.75) is 6.92 Å². The third-order valence-electron chi connectivity index (χ3n) is 1.84. The Labute approximate surface area is 103 Å². The predicted molar refractivity (Wildman–Crippen MR) is 63.9 cm³/mol. The first kappa shape index (κ1) is 11.4. The lowest BCUT2D eigenvalue weighted by Gasteiger charge is -2.04. The third kappa shape index (κ3) is 2.92. The van der Waals surface area contributed by atoms with Crippen LogP contribution in [0.3, 0.4) is 0 Å². The van der Waals surface area contributed by atoms with Gasteiger partial charge < -0.3 is 5.32 Å². The highest BCUT2D eigenvalue weighted by Gasteiger charge is 2.05. The van der Waals surface area contributed by atoms with Gasteiger partial charge in [-0.3, -0.25) is 4.57 Å². The second kappa shape index (κ2) is 5.27. The fraction of sp³-hybridized carbons (Fsp3) is 0.200. The van der Waals surface area contributed by atoms with Gasteiger partial charge in [0.15, 0.2) is 0 Å². The van der Waals surface area contributed by atoms with Crippen LogP contribution < -0.4 is 5.32 Å². The van der Waals surface area contributed by atoms with Crippen LogP contribution in [0.5, 0.6) is 0 Å². The van der Waals surface area contributed by atoms with Gasteiger partial charge in [0.05, 0.1) is 6.54 Å². The molecule has 0 aliphatic heterocycles. The van der Waals surface area contributed by atoms with Crippen LogP contribution in [0, 0.1) is 11.8 Å². The first-order valence-corrected chi connectivity index (χ1v) is 5.21. The number of halogens is 1. The number of hydrogen-bond acceptors (Lipinski definition) is 5. The lowest BCUT2D eigenvalue weighted by Crippen LogP contribution is -2.08. The van der Waals surface area contributed by atoms with E-state index < -0.39 is 0 Å². The zero-order chi connectivity index (χ0) is 12.1. The number of imidazole rings is 1. The number of aromatic nitrogens is 5. The second-order valence-electron chi connectivity index (χ2n) is 2.98.